The number of aliphatic hydroxyl groups is 1. The quantitative estimate of drug-likeness (QED) is 0.432. The minimum absolute atomic E-state index is 0.0942. The van der Waals surface area contributed by atoms with E-state index in [1.54, 1.807) is 0 Å². The van der Waals surface area contributed by atoms with Crippen molar-refractivity contribution in [3.63, 3.8) is 0 Å². The summed E-state index contributed by atoms with van der Waals surface area (Å²) < 4.78 is 5.56. The molecule has 1 aliphatic carbocycles. The average molecular weight is 483 g/mol. The van der Waals surface area contributed by atoms with Gasteiger partial charge in [0.25, 0.3) is 0 Å². The van der Waals surface area contributed by atoms with Crippen molar-refractivity contribution >= 4 is 18.0 Å². The minimum Gasteiger partial charge on any atom is -0.479 e. The molecular formula is C27H34N2O6. The summed E-state index contributed by atoms with van der Waals surface area (Å²) >= 11 is 0. The number of ether oxygens (including phenoxy) is 1. The number of alkyl carbamates (subject to hydrolysis) is 1. The first-order valence-corrected chi connectivity index (χ1v) is 11.7. The highest BCUT2D eigenvalue weighted by atomic mass is 16.5. The fraction of sp³-hybridized carbons (Fsp3) is 0.444. The van der Waals surface area contributed by atoms with E-state index in [0.29, 0.717) is 6.42 Å². The number of carboxylic acid groups (broad SMARTS) is 1. The van der Waals surface area contributed by atoms with Crippen LogP contribution in [0.1, 0.15) is 57.6 Å². The third-order valence-corrected chi connectivity index (χ3v) is 6.32. The number of nitrogens with one attached hydrogen (secondary N) is 2. The Hall–Kier alpha value is -3.39. The van der Waals surface area contributed by atoms with Gasteiger partial charge in [0.15, 0.2) is 5.54 Å². The average Bonchev–Trinajstić information content (AvgIpc) is 3.13. The highest BCUT2D eigenvalue weighted by molar-refractivity contribution is 5.91. The van der Waals surface area contributed by atoms with Gasteiger partial charge in [-0.25, -0.2) is 9.59 Å². The summed E-state index contributed by atoms with van der Waals surface area (Å²) in [6, 6.07) is 14.9. The van der Waals surface area contributed by atoms with E-state index in [9.17, 15) is 24.6 Å². The Bertz CT molecular complexity index is 1050. The number of aliphatic hydroxyl groups excluding tert-OH is 1. The monoisotopic (exact) mass is 482 g/mol. The van der Waals surface area contributed by atoms with Crippen LogP contribution in [0.15, 0.2) is 48.5 Å². The second-order valence-electron chi connectivity index (χ2n) is 10.4. The third-order valence-electron chi connectivity index (χ3n) is 6.32. The van der Waals surface area contributed by atoms with Crippen LogP contribution in [0.25, 0.3) is 11.1 Å². The van der Waals surface area contributed by atoms with Gasteiger partial charge in [-0.3, -0.25) is 4.79 Å². The van der Waals surface area contributed by atoms with Gasteiger partial charge in [-0.15, -0.1) is 0 Å². The Kier molecular flexibility index (Phi) is 7.85. The Morgan fingerprint density at radius 3 is 2.00 bits per heavy atom. The van der Waals surface area contributed by atoms with Crippen LogP contribution in [0.4, 0.5) is 4.79 Å². The van der Waals surface area contributed by atoms with Gasteiger partial charge in [0.2, 0.25) is 5.91 Å². The molecule has 0 saturated heterocycles. The smallest absolute Gasteiger partial charge is 0.407 e. The van der Waals surface area contributed by atoms with Crippen LogP contribution in [0.2, 0.25) is 0 Å². The number of aliphatic carboxylic acids is 1. The van der Waals surface area contributed by atoms with Crippen LogP contribution < -0.4 is 10.6 Å². The molecule has 2 unspecified atom stereocenters. The molecule has 8 heteroatoms. The zero-order valence-corrected chi connectivity index (χ0v) is 20.6. The van der Waals surface area contributed by atoms with Crippen LogP contribution in [0.3, 0.4) is 0 Å². The molecule has 188 valence electrons. The van der Waals surface area contributed by atoms with Crippen molar-refractivity contribution in [1.82, 2.24) is 10.6 Å². The fourth-order valence-electron chi connectivity index (χ4n) is 4.15. The van der Waals surface area contributed by atoms with Crippen LogP contribution in [-0.4, -0.2) is 53.0 Å². The Morgan fingerprint density at radius 2 is 1.51 bits per heavy atom. The van der Waals surface area contributed by atoms with Crippen molar-refractivity contribution in [2.75, 3.05) is 13.2 Å². The highest BCUT2D eigenvalue weighted by Crippen LogP contribution is 2.44. The molecule has 3 rings (SSSR count). The molecule has 2 aromatic rings. The molecule has 0 heterocycles. The van der Waals surface area contributed by atoms with E-state index in [1.165, 1.54) is 6.92 Å². The molecule has 2 atom stereocenters. The second kappa shape index (κ2) is 10.5. The van der Waals surface area contributed by atoms with Gasteiger partial charge in [-0.1, -0.05) is 69.3 Å². The van der Waals surface area contributed by atoms with Gasteiger partial charge >= 0.3 is 12.1 Å². The highest BCUT2D eigenvalue weighted by Gasteiger charge is 2.37. The summed E-state index contributed by atoms with van der Waals surface area (Å²) in [7, 11) is 0. The van der Waals surface area contributed by atoms with Crippen molar-refractivity contribution in [2.24, 2.45) is 5.41 Å². The van der Waals surface area contributed by atoms with Gasteiger partial charge in [0.1, 0.15) is 12.6 Å². The van der Waals surface area contributed by atoms with Gasteiger partial charge in [-0.05, 0) is 47.4 Å². The number of amides is 2. The van der Waals surface area contributed by atoms with Gasteiger partial charge in [0.05, 0.1) is 6.61 Å². The van der Waals surface area contributed by atoms with Crippen LogP contribution in [-0.2, 0) is 14.3 Å². The summed E-state index contributed by atoms with van der Waals surface area (Å²) in [4.78, 5) is 37.2. The van der Waals surface area contributed by atoms with Crippen molar-refractivity contribution in [3.05, 3.63) is 59.7 Å². The largest absolute Gasteiger partial charge is 0.479 e. The molecule has 0 bridgehead atoms. The summed E-state index contributed by atoms with van der Waals surface area (Å²) in [6.45, 7) is 6.53. The molecule has 1 aliphatic rings. The van der Waals surface area contributed by atoms with Crippen LogP contribution in [0.5, 0.6) is 0 Å². The lowest BCUT2D eigenvalue weighted by Gasteiger charge is -2.28. The van der Waals surface area contributed by atoms with Crippen molar-refractivity contribution in [2.45, 2.75) is 58.0 Å². The fourth-order valence-corrected chi connectivity index (χ4v) is 4.15. The topological polar surface area (TPSA) is 125 Å². The second-order valence-corrected chi connectivity index (χ2v) is 10.4. The van der Waals surface area contributed by atoms with E-state index in [1.807, 2.05) is 69.3 Å². The molecule has 0 saturated carbocycles. The van der Waals surface area contributed by atoms with E-state index in [0.717, 1.165) is 22.3 Å². The third kappa shape index (κ3) is 6.19. The first-order valence-electron chi connectivity index (χ1n) is 11.7. The molecule has 0 aromatic heterocycles. The molecule has 0 aliphatic heterocycles. The zero-order chi connectivity index (χ0) is 25.8. The number of benzene rings is 2. The van der Waals surface area contributed by atoms with E-state index in [4.69, 9.17) is 4.74 Å². The maximum atomic E-state index is 12.9. The number of hydrogen-bond acceptors (Lipinski definition) is 5. The van der Waals surface area contributed by atoms with Crippen LogP contribution in [0, 0.1) is 5.41 Å². The predicted octanol–water partition coefficient (Wildman–Crippen LogP) is 3.67. The first-order chi connectivity index (χ1) is 16.4. The SMILES string of the molecule is CC(C)(C)CCC(NC(=O)OCC1c2ccccc2-c2ccccc21)C(=O)NC(C)(CO)C(=O)O. The number of hydrogen-bond donors (Lipinski definition) is 4. The lowest BCUT2D eigenvalue weighted by molar-refractivity contribution is -0.149. The van der Waals surface area contributed by atoms with E-state index < -0.39 is 36.2 Å². The minimum atomic E-state index is -1.86. The van der Waals surface area contributed by atoms with Gasteiger partial charge < -0.3 is 25.6 Å². The zero-order valence-electron chi connectivity index (χ0n) is 20.6. The summed E-state index contributed by atoms with van der Waals surface area (Å²) in [5.41, 5.74) is 2.38. The number of fused-ring (bicyclic) bond motifs is 3. The number of carbonyl (C=O) groups is 3. The number of carbonyl (C=O) groups excluding carboxylic acids is 2. The normalized spacial score (nSPS) is 15.3. The van der Waals surface area contributed by atoms with E-state index >= 15 is 0 Å². The molecule has 0 spiro atoms. The molecule has 2 amide bonds. The number of rotatable bonds is 9. The Labute approximate surface area is 205 Å². The standard InChI is InChI=1S/C27H34N2O6/c1-26(2,3)14-13-22(23(31)29-27(4,16-30)24(32)33)28-25(34)35-15-21-19-11-7-5-9-17(19)18-10-6-8-12-20(18)21/h5-12,21-22,30H,13-16H2,1-4H3,(H,28,34)(H,29,31)(H,32,33). The van der Waals surface area contributed by atoms with Crippen LogP contribution >= 0.6 is 0 Å². The number of carboxylic acids is 1. The maximum absolute atomic E-state index is 12.9. The molecule has 2 aromatic carbocycles. The summed E-state index contributed by atoms with van der Waals surface area (Å²) in [6.07, 6.45) is 0.111. The predicted molar refractivity (Wildman–Crippen MR) is 132 cm³/mol. The van der Waals surface area contributed by atoms with E-state index in [2.05, 4.69) is 10.6 Å². The first kappa shape index (κ1) is 26.2. The van der Waals surface area contributed by atoms with Crippen molar-refractivity contribution in [3.8, 4) is 11.1 Å². The Morgan fingerprint density at radius 1 is 0.971 bits per heavy atom. The van der Waals surface area contributed by atoms with Crippen molar-refractivity contribution < 1.29 is 29.3 Å². The Balaban J connectivity index is 1.71. The molecule has 8 nitrogen and oxygen atoms in total. The molecule has 0 radical (unpaired) electrons. The summed E-state index contributed by atoms with van der Waals surface area (Å²) in [5, 5.41) is 23.8. The van der Waals surface area contributed by atoms with E-state index in [-0.39, 0.29) is 24.4 Å². The van der Waals surface area contributed by atoms with Gasteiger partial charge in [-0.2, -0.15) is 0 Å². The molecule has 0 fully saturated rings. The molecule has 4 N–H and O–H groups in total. The summed E-state index contributed by atoms with van der Waals surface area (Å²) in [5.74, 6) is -2.19. The maximum Gasteiger partial charge on any atom is 0.407 e. The van der Waals surface area contributed by atoms with Crippen molar-refractivity contribution in [1.29, 1.82) is 0 Å². The molecule has 35 heavy (non-hydrogen) atoms. The lowest BCUT2D eigenvalue weighted by Crippen LogP contribution is -2.59. The lowest BCUT2D eigenvalue weighted by atomic mass is 9.88. The molecular weight excluding hydrogens is 448 g/mol. The van der Waals surface area contributed by atoms with Gasteiger partial charge in [0, 0.05) is 5.92 Å².